The molecule has 8 nitrogen and oxygen atoms in total. The molecular formula is C45H53NO7. The Morgan fingerprint density at radius 3 is 1.60 bits per heavy atom. The molecule has 0 saturated heterocycles. The summed E-state index contributed by atoms with van der Waals surface area (Å²) in [5, 5.41) is 8.18. The molecule has 1 fully saturated rings. The SMILES string of the molecule is COCCCCCCOc1ccc(C(=O)Oc2ccc(-c3ccc(OC(=C4CCC4)c4ccc(OCCCCCCOC)cc4)c(C=N)c3)cc2)cc1. The summed E-state index contributed by atoms with van der Waals surface area (Å²) in [6, 6.07) is 28.4. The normalized spacial score (nSPS) is 12.2. The standard InChI is InChI=1S/C45H53NO7/c1-48-28-7-3-5-9-30-50-40-21-16-36(17-22-40)44(35-12-11-13-35)53-43-27-20-38(32-39(43)33-46)34-14-25-42(26-15-34)52-45(47)37-18-23-41(24-19-37)51-31-10-6-4-8-29-49-2/h14-27,32-33,46H,3-13,28-31H2,1-2H3. The summed E-state index contributed by atoms with van der Waals surface area (Å²) in [6.45, 7) is 2.94. The summed E-state index contributed by atoms with van der Waals surface area (Å²) in [4.78, 5) is 12.8. The molecule has 1 aliphatic carbocycles. The average Bonchev–Trinajstić information content (AvgIpc) is 3.17. The van der Waals surface area contributed by atoms with E-state index in [1.165, 1.54) is 11.8 Å². The number of ether oxygens (including phenoxy) is 6. The minimum Gasteiger partial charge on any atom is -0.494 e. The molecule has 0 aromatic heterocycles. The van der Waals surface area contributed by atoms with Gasteiger partial charge in [-0.25, -0.2) is 4.79 Å². The molecule has 5 rings (SSSR count). The topological polar surface area (TPSA) is 96.3 Å². The first-order chi connectivity index (χ1) is 26.1. The van der Waals surface area contributed by atoms with E-state index in [9.17, 15) is 4.79 Å². The second-order valence-corrected chi connectivity index (χ2v) is 13.3. The lowest BCUT2D eigenvalue weighted by Gasteiger charge is -2.23. The molecule has 0 bridgehead atoms. The van der Waals surface area contributed by atoms with E-state index in [1.807, 2.05) is 42.5 Å². The van der Waals surface area contributed by atoms with Crippen LogP contribution in [0.1, 0.15) is 92.1 Å². The van der Waals surface area contributed by atoms with Gasteiger partial charge in [-0.05, 0) is 147 Å². The predicted octanol–water partition coefficient (Wildman–Crippen LogP) is 10.7. The molecule has 1 N–H and O–H groups in total. The lowest BCUT2D eigenvalue weighted by atomic mass is 9.89. The number of rotatable bonds is 23. The third-order valence-electron chi connectivity index (χ3n) is 9.28. The van der Waals surface area contributed by atoms with Crippen LogP contribution in [-0.4, -0.2) is 52.8 Å². The highest BCUT2D eigenvalue weighted by Crippen LogP contribution is 2.37. The lowest BCUT2D eigenvalue weighted by molar-refractivity contribution is 0.0734. The Morgan fingerprint density at radius 1 is 0.585 bits per heavy atom. The number of hydrogen-bond donors (Lipinski definition) is 1. The van der Waals surface area contributed by atoms with E-state index in [0.717, 1.165) is 118 Å². The van der Waals surface area contributed by atoms with Crippen LogP contribution in [0.25, 0.3) is 16.9 Å². The van der Waals surface area contributed by atoms with Crippen molar-refractivity contribution in [2.45, 2.75) is 70.6 Å². The van der Waals surface area contributed by atoms with Crippen molar-refractivity contribution in [2.75, 3.05) is 40.6 Å². The van der Waals surface area contributed by atoms with Crippen molar-refractivity contribution in [1.29, 1.82) is 5.41 Å². The van der Waals surface area contributed by atoms with E-state index in [0.29, 0.717) is 35.8 Å². The maximum absolute atomic E-state index is 12.8. The molecule has 0 unspecified atom stereocenters. The van der Waals surface area contributed by atoms with Crippen LogP contribution in [0.5, 0.6) is 23.0 Å². The molecule has 0 radical (unpaired) electrons. The van der Waals surface area contributed by atoms with Gasteiger partial charge in [0.15, 0.2) is 0 Å². The fourth-order valence-electron chi connectivity index (χ4n) is 6.01. The zero-order chi connectivity index (χ0) is 37.1. The van der Waals surface area contributed by atoms with Gasteiger partial charge in [-0.15, -0.1) is 0 Å². The van der Waals surface area contributed by atoms with Crippen molar-refractivity contribution in [3.63, 3.8) is 0 Å². The maximum Gasteiger partial charge on any atom is 0.343 e. The smallest absolute Gasteiger partial charge is 0.343 e. The zero-order valence-corrected chi connectivity index (χ0v) is 31.2. The summed E-state index contributed by atoms with van der Waals surface area (Å²) in [5.74, 6) is 3.09. The highest BCUT2D eigenvalue weighted by atomic mass is 16.5. The Labute approximate surface area is 314 Å². The number of nitrogens with one attached hydrogen (secondary N) is 1. The number of allylic oxidation sites excluding steroid dienone is 1. The third-order valence-corrected chi connectivity index (χ3v) is 9.28. The molecule has 0 amide bonds. The van der Waals surface area contributed by atoms with E-state index in [1.54, 1.807) is 50.6 Å². The van der Waals surface area contributed by atoms with Crippen molar-refractivity contribution in [3.05, 3.63) is 113 Å². The van der Waals surface area contributed by atoms with Crippen LogP contribution in [0.2, 0.25) is 0 Å². The minimum atomic E-state index is -0.432. The number of carbonyl (C=O) groups is 1. The number of methoxy groups -OCH3 is 2. The molecule has 53 heavy (non-hydrogen) atoms. The number of unbranched alkanes of at least 4 members (excludes halogenated alkanes) is 6. The van der Waals surface area contributed by atoms with Gasteiger partial charge in [0.1, 0.15) is 28.8 Å². The van der Waals surface area contributed by atoms with Crippen molar-refractivity contribution >= 4 is 17.9 Å². The van der Waals surface area contributed by atoms with Gasteiger partial charge >= 0.3 is 5.97 Å². The molecule has 0 spiro atoms. The van der Waals surface area contributed by atoms with Crippen molar-refractivity contribution in [3.8, 4) is 34.1 Å². The Balaban J connectivity index is 1.14. The number of esters is 1. The molecule has 4 aromatic rings. The molecule has 8 heteroatoms. The third kappa shape index (κ3) is 12.3. The van der Waals surface area contributed by atoms with Crippen LogP contribution >= 0.6 is 0 Å². The van der Waals surface area contributed by atoms with E-state index >= 15 is 0 Å². The number of carbonyl (C=O) groups excluding carboxylic acids is 1. The molecule has 0 atom stereocenters. The van der Waals surface area contributed by atoms with E-state index in [-0.39, 0.29) is 0 Å². The average molecular weight is 720 g/mol. The van der Waals surface area contributed by atoms with Crippen molar-refractivity contribution in [1.82, 2.24) is 0 Å². The summed E-state index contributed by atoms with van der Waals surface area (Å²) in [7, 11) is 3.46. The number of hydrogen-bond acceptors (Lipinski definition) is 8. The van der Waals surface area contributed by atoms with Gasteiger partial charge in [-0.3, -0.25) is 0 Å². The Morgan fingerprint density at radius 2 is 1.09 bits per heavy atom. The summed E-state index contributed by atoms with van der Waals surface area (Å²) in [5.41, 5.74) is 5.27. The highest BCUT2D eigenvalue weighted by molar-refractivity contribution is 5.91. The summed E-state index contributed by atoms with van der Waals surface area (Å²) in [6.07, 6.45) is 13.1. The van der Waals surface area contributed by atoms with Gasteiger partial charge in [0.05, 0.1) is 18.8 Å². The quantitative estimate of drug-likeness (QED) is 0.0268. The van der Waals surface area contributed by atoms with Gasteiger partial charge in [0.25, 0.3) is 0 Å². The summed E-state index contributed by atoms with van der Waals surface area (Å²) < 4.78 is 34.2. The largest absolute Gasteiger partial charge is 0.494 e. The molecule has 1 aliphatic rings. The fraction of sp³-hybridized carbons (Fsp3) is 0.378. The first kappa shape index (κ1) is 39.3. The van der Waals surface area contributed by atoms with Crippen molar-refractivity contribution < 1.29 is 33.2 Å². The Kier molecular flexibility index (Phi) is 16.0. The minimum absolute atomic E-state index is 0.432. The maximum atomic E-state index is 12.8. The fourth-order valence-corrected chi connectivity index (χ4v) is 6.01. The molecule has 1 saturated carbocycles. The van der Waals surface area contributed by atoms with Crippen LogP contribution < -0.4 is 18.9 Å². The molecule has 0 heterocycles. The first-order valence-corrected chi connectivity index (χ1v) is 18.9. The molecule has 0 aliphatic heterocycles. The Bertz CT molecular complexity index is 1740. The molecule has 4 aromatic carbocycles. The van der Waals surface area contributed by atoms with Crippen LogP contribution in [0.15, 0.2) is 96.6 Å². The molecular weight excluding hydrogens is 666 g/mol. The van der Waals surface area contributed by atoms with Crippen LogP contribution in [-0.2, 0) is 9.47 Å². The van der Waals surface area contributed by atoms with Crippen LogP contribution in [0.4, 0.5) is 0 Å². The zero-order valence-electron chi connectivity index (χ0n) is 31.2. The predicted molar refractivity (Wildman–Crippen MR) is 211 cm³/mol. The van der Waals surface area contributed by atoms with Gasteiger partial charge in [-0.1, -0.05) is 31.0 Å². The molecule has 280 valence electrons. The van der Waals surface area contributed by atoms with Gasteiger partial charge in [0.2, 0.25) is 0 Å². The second kappa shape index (κ2) is 21.6. The second-order valence-electron chi connectivity index (χ2n) is 13.3. The van der Waals surface area contributed by atoms with Gasteiger partial charge in [0, 0.05) is 44.8 Å². The number of benzene rings is 4. The monoisotopic (exact) mass is 719 g/mol. The van der Waals surface area contributed by atoms with Crippen molar-refractivity contribution in [2.24, 2.45) is 0 Å². The van der Waals surface area contributed by atoms with Crippen LogP contribution in [0.3, 0.4) is 0 Å². The van der Waals surface area contributed by atoms with E-state index in [2.05, 4.69) is 12.1 Å². The van der Waals surface area contributed by atoms with Gasteiger partial charge in [-0.2, -0.15) is 0 Å². The summed E-state index contributed by atoms with van der Waals surface area (Å²) >= 11 is 0. The first-order valence-electron chi connectivity index (χ1n) is 18.9. The highest BCUT2D eigenvalue weighted by Gasteiger charge is 2.20. The van der Waals surface area contributed by atoms with Gasteiger partial charge < -0.3 is 33.8 Å². The van der Waals surface area contributed by atoms with E-state index < -0.39 is 5.97 Å². The van der Waals surface area contributed by atoms with E-state index in [4.69, 9.17) is 33.8 Å². The Hall–Kier alpha value is -4.92. The lowest BCUT2D eigenvalue weighted by Crippen LogP contribution is -2.08. The van der Waals surface area contributed by atoms with Crippen LogP contribution in [0, 0.1) is 5.41 Å².